The Bertz CT molecular complexity index is 1150. The molecule has 0 radical (unpaired) electrons. The highest BCUT2D eigenvalue weighted by Crippen LogP contribution is 2.31. The Morgan fingerprint density at radius 2 is 1.84 bits per heavy atom. The van der Waals surface area contributed by atoms with Crippen molar-refractivity contribution in [1.29, 1.82) is 0 Å². The predicted molar refractivity (Wildman–Crippen MR) is 115 cm³/mol. The van der Waals surface area contributed by atoms with Crippen LogP contribution in [0.1, 0.15) is 27.2 Å². The van der Waals surface area contributed by atoms with Gasteiger partial charge in [-0.1, -0.05) is 41.4 Å². The molecule has 160 valence electrons. The number of alkyl halides is 3. The molecule has 0 atom stereocenters. The zero-order chi connectivity index (χ0) is 22.6. The molecule has 0 aliphatic heterocycles. The van der Waals surface area contributed by atoms with E-state index in [2.05, 4.69) is 20.8 Å². The number of nitrogens with zero attached hydrogens (tertiary/aromatic N) is 2. The first-order chi connectivity index (χ1) is 14.6. The van der Waals surface area contributed by atoms with Gasteiger partial charge in [0, 0.05) is 21.3 Å². The van der Waals surface area contributed by atoms with Gasteiger partial charge in [0.25, 0.3) is 5.91 Å². The van der Waals surface area contributed by atoms with Crippen molar-refractivity contribution in [3.8, 4) is 0 Å². The first-order valence-corrected chi connectivity index (χ1v) is 9.60. The molecule has 0 saturated carbocycles. The third kappa shape index (κ3) is 5.74. The van der Waals surface area contributed by atoms with Gasteiger partial charge < -0.3 is 5.32 Å². The third-order valence-electron chi connectivity index (χ3n) is 4.15. The standard InChI is InChI=1S/C21H15Cl2F3N4O/c1-12-10-14(22)6-8-17(12)28-19-15(7-9-18(29-19)21(24,25)26)20(31)30-27-11-13-4-2-3-5-16(13)23/h2-11H,1H3,(H,28,29)(H,30,31)/b27-11+. The van der Waals surface area contributed by atoms with Crippen LogP contribution in [0.15, 0.2) is 59.7 Å². The predicted octanol–water partition coefficient (Wildman–Crippen LogP) is 6.22. The number of benzene rings is 2. The highest BCUT2D eigenvalue weighted by Gasteiger charge is 2.33. The monoisotopic (exact) mass is 466 g/mol. The van der Waals surface area contributed by atoms with Crippen molar-refractivity contribution in [3.05, 3.63) is 87.0 Å². The molecule has 0 fully saturated rings. The number of rotatable bonds is 5. The summed E-state index contributed by atoms with van der Waals surface area (Å²) in [6, 6.07) is 13.4. The lowest BCUT2D eigenvalue weighted by Crippen LogP contribution is -2.21. The summed E-state index contributed by atoms with van der Waals surface area (Å²) in [5.74, 6) is -1.02. The number of carbonyl (C=O) groups excluding carboxylic acids is 1. The largest absolute Gasteiger partial charge is 0.433 e. The number of aryl methyl sites for hydroxylation is 1. The van der Waals surface area contributed by atoms with Crippen LogP contribution in [0.4, 0.5) is 24.7 Å². The fourth-order valence-electron chi connectivity index (χ4n) is 2.59. The summed E-state index contributed by atoms with van der Waals surface area (Å²) in [4.78, 5) is 16.2. The molecule has 31 heavy (non-hydrogen) atoms. The van der Waals surface area contributed by atoms with Crippen LogP contribution in [0.25, 0.3) is 0 Å². The number of halogens is 5. The Hall–Kier alpha value is -3.10. The van der Waals surface area contributed by atoms with Gasteiger partial charge in [0.2, 0.25) is 0 Å². The van der Waals surface area contributed by atoms with E-state index in [4.69, 9.17) is 23.2 Å². The van der Waals surface area contributed by atoms with E-state index in [0.717, 1.165) is 12.1 Å². The number of aromatic nitrogens is 1. The lowest BCUT2D eigenvalue weighted by Gasteiger charge is -2.15. The number of hydrogen-bond acceptors (Lipinski definition) is 4. The SMILES string of the molecule is Cc1cc(Cl)ccc1Nc1nc(C(F)(F)F)ccc1C(=O)N/N=C/c1ccccc1Cl. The van der Waals surface area contributed by atoms with Crippen molar-refractivity contribution >= 4 is 46.8 Å². The van der Waals surface area contributed by atoms with Gasteiger partial charge in [-0.15, -0.1) is 0 Å². The number of hydrogen-bond donors (Lipinski definition) is 2. The maximum atomic E-state index is 13.2. The second-order valence-electron chi connectivity index (χ2n) is 6.40. The lowest BCUT2D eigenvalue weighted by molar-refractivity contribution is -0.141. The van der Waals surface area contributed by atoms with Crippen LogP contribution < -0.4 is 10.7 Å². The molecule has 0 bridgehead atoms. The van der Waals surface area contributed by atoms with Crippen LogP contribution in [0.2, 0.25) is 10.0 Å². The lowest BCUT2D eigenvalue weighted by atomic mass is 10.1. The Kier molecular flexibility index (Phi) is 6.82. The Morgan fingerprint density at radius 1 is 1.10 bits per heavy atom. The van der Waals surface area contributed by atoms with Crippen molar-refractivity contribution in [3.63, 3.8) is 0 Å². The van der Waals surface area contributed by atoms with Crippen LogP contribution in [0, 0.1) is 6.92 Å². The summed E-state index contributed by atoms with van der Waals surface area (Å²) in [5, 5.41) is 7.49. The molecule has 0 aliphatic rings. The Balaban J connectivity index is 1.91. The van der Waals surface area contributed by atoms with Gasteiger partial charge >= 0.3 is 6.18 Å². The Morgan fingerprint density at radius 3 is 2.52 bits per heavy atom. The molecule has 0 saturated heterocycles. The zero-order valence-corrected chi connectivity index (χ0v) is 17.5. The highest BCUT2D eigenvalue weighted by molar-refractivity contribution is 6.33. The third-order valence-corrected chi connectivity index (χ3v) is 4.73. The average molecular weight is 467 g/mol. The second kappa shape index (κ2) is 9.36. The van der Waals surface area contributed by atoms with Crippen LogP contribution >= 0.6 is 23.2 Å². The summed E-state index contributed by atoms with van der Waals surface area (Å²) in [5.41, 5.74) is 2.68. The van der Waals surface area contributed by atoms with Crippen molar-refractivity contribution in [2.24, 2.45) is 5.10 Å². The van der Waals surface area contributed by atoms with Crippen LogP contribution in [-0.2, 0) is 6.18 Å². The molecule has 5 nitrogen and oxygen atoms in total. The van der Waals surface area contributed by atoms with E-state index >= 15 is 0 Å². The van der Waals surface area contributed by atoms with Crippen molar-refractivity contribution in [2.75, 3.05) is 5.32 Å². The van der Waals surface area contributed by atoms with E-state index in [0.29, 0.717) is 26.9 Å². The Labute approximate surface area is 185 Å². The van der Waals surface area contributed by atoms with Gasteiger partial charge in [-0.3, -0.25) is 4.79 Å². The molecule has 1 heterocycles. The molecule has 0 unspecified atom stereocenters. The van der Waals surface area contributed by atoms with Gasteiger partial charge in [-0.05, 0) is 48.9 Å². The summed E-state index contributed by atoms with van der Waals surface area (Å²) < 4.78 is 39.5. The maximum Gasteiger partial charge on any atom is 0.433 e. The molecular formula is C21H15Cl2F3N4O. The number of pyridine rings is 1. The maximum absolute atomic E-state index is 13.2. The van der Waals surface area contributed by atoms with E-state index in [1.807, 2.05) is 0 Å². The number of nitrogens with one attached hydrogen (secondary N) is 2. The molecule has 2 N–H and O–H groups in total. The zero-order valence-electron chi connectivity index (χ0n) is 16.0. The topological polar surface area (TPSA) is 66.4 Å². The molecule has 3 aromatic rings. The minimum absolute atomic E-state index is 0.126. The van der Waals surface area contributed by atoms with Gasteiger partial charge in [0.15, 0.2) is 0 Å². The van der Waals surface area contributed by atoms with Gasteiger partial charge in [0.05, 0.1) is 11.8 Å². The minimum Gasteiger partial charge on any atom is -0.339 e. The number of amides is 1. The summed E-state index contributed by atoms with van der Waals surface area (Å²) >= 11 is 11.9. The average Bonchev–Trinajstić information content (AvgIpc) is 2.70. The van der Waals surface area contributed by atoms with E-state index in [1.165, 1.54) is 6.21 Å². The van der Waals surface area contributed by atoms with E-state index in [1.54, 1.807) is 49.4 Å². The number of anilines is 2. The molecule has 0 aliphatic carbocycles. The van der Waals surface area contributed by atoms with Gasteiger partial charge in [-0.25, -0.2) is 10.4 Å². The normalized spacial score (nSPS) is 11.5. The first-order valence-electron chi connectivity index (χ1n) is 8.84. The highest BCUT2D eigenvalue weighted by atomic mass is 35.5. The van der Waals surface area contributed by atoms with Crippen LogP contribution in [0.3, 0.4) is 0 Å². The molecule has 10 heteroatoms. The second-order valence-corrected chi connectivity index (χ2v) is 7.24. The fraction of sp³-hybridized carbons (Fsp3) is 0.0952. The number of carbonyl (C=O) groups is 1. The molecule has 1 aromatic heterocycles. The van der Waals surface area contributed by atoms with Crippen molar-refractivity contribution in [2.45, 2.75) is 13.1 Å². The first kappa shape index (κ1) is 22.6. The quantitative estimate of drug-likeness (QED) is 0.346. The van der Waals surface area contributed by atoms with Crippen LogP contribution in [-0.4, -0.2) is 17.1 Å². The van der Waals surface area contributed by atoms with Gasteiger partial charge in [-0.2, -0.15) is 18.3 Å². The van der Waals surface area contributed by atoms with Gasteiger partial charge in [0.1, 0.15) is 11.5 Å². The smallest absolute Gasteiger partial charge is 0.339 e. The van der Waals surface area contributed by atoms with E-state index < -0.39 is 17.8 Å². The van der Waals surface area contributed by atoms with Crippen molar-refractivity contribution in [1.82, 2.24) is 10.4 Å². The van der Waals surface area contributed by atoms with E-state index in [-0.39, 0.29) is 11.4 Å². The summed E-state index contributed by atoms with van der Waals surface area (Å²) in [6.07, 6.45) is -3.35. The van der Waals surface area contributed by atoms with Crippen LogP contribution in [0.5, 0.6) is 0 Å². The molecule has 0 spiro atoms. The summed E-state index contributed by atoms with van der Waals surface area (Å²) in [6.45, 7) is 1.72. The minimum atomic E-state index is -4.68. The molecule has 3 rings (SSSR count). The molecular weight excluding hydrogens is 452 g/mol. The molecule has 1 amide bonds. The number of hydrazone groups is 1. The molecule has 2 aromatic carbocycles. The van der Waals surface area contributed by atoms with E-state index in [9.17, 15) is 18.0 Å². The summed E-state index contributed by atoms with van der Waals surface area (Å²) in [7, 11) is 0. The van der Waals surface area contributed by atoms with Crippen molar-refractivity contribution < 1.29 is 18.0 Å². The fourth-order valence-corrected chi connectivity index (χ4v) is 3.00.